The highest BCUT2D eigenvalue weighted by Gasteiger charge is 2.24. The quantitative estimate of drug-likeness (QED) is 0.736. The molecule has 0 saturated heterocycles. The van der Waals surface area contributed by atoms with Crippen LogP contribution in [0.5, 0.6) is 0 Å². The molecule has 15 heavy (non-hydrogen) atoms. The fraction of sp³-hybridized carbons (Fsp3) is 1.00. The van der Waals surface area contributed by atoms with Gasteiger partial charge in [-0.1, -0.05) is 41.0 Å². The molecule has 0 heterocycles. The van der Waals surface area contributed by atoms with E-state index in [1.54, 1.807) is 0 Å². The van der Waals surface area contributed by atoms with Crippen molar-refractivity contribution in [3.8, 4) is 0 Å². The summed E-state index contributed by atoms with van der Waals surface area (Å²) in [4.78, 5) is 2.31. The van der Waals surface area contributed by atoms with Crippen molar-refractivity contribution < 1.29 is 5.11 Å². The molecule has 0 aromatic carbocycles. The topological polar surface area (TPSA) is 23.5 Å². The smallest absolute Gasteiger partial charge is 0.0695 e. The third-order valence-electron chi connectivity index (χ3n) is 2.74. The van der Waals surface area contributed by atoms with Crippen molar-refractivity contribution in [2.75, 3.05) is 13.6 Å². The van der Waals surface area contributed by atoms with Crippen LogP contribution < -0.4 is 0 Å². The first-order valence-corrected chi connectivity index (χ1v) is 6.20. The zero-order valence-electron chi connectivity index (χ0n) is 11.4. The van der Waals surface area contributed by atoms with E-state index in [-0.39, 0.29) is 6.10 Å². The molecule has 0 bridgehead atoms. The van der Waals surface area contributed by atoms with Crippen molar-refractivity contribution in [1.29, 1.82) is 0 Å². The standard InChI is InChI=1S/C13H29NO/c1-7-9-12(15)11(8-2)14(6)10-13(3,4)5/h11-12,15H,7-10H2,1-6H3. The molecule has 0 amide bonds. The Kier molecular flexibility index (Phi) is 6.46. The van der Waals surface area contributed by atoms with E-state index in [9.17, 15) is 5.11 Å². The molecule has 1 N–H and O–H groups in total. The average molecular weight is 215 g/mol. The van der Waals surface area contributed by atoms with Gasteiger partial charge in [-0.25, -0.2) is 0 Å². The molecule has 0 aromatic heterocycles. The number of hydrogen-bond acceptors (Lipinski definition) is 2. The molecule has 2 heteroatoms. The minimum absolute atomic E-state index is 0.174. The maximum Gasteiger partial charge on any atom is 0.0695 e. The van der Waals surface area contributed by atoms with Gasteiger partial charge in [-0.15, -0.1) is 0 Å². The van der Waals surface area contributed by atoms with Gasteiger partial charge in [0, 0.05) is 12.6 Å². The lowest BCUT2D eigenvalue weighted by molar-refractivity contribution is 0.0392. The van der Waals surface area contributed by atoms with Crippen LogP contribution in [-0.2, 0) is 0 Å². The molecule has 2 nitrogen and oxygen atoms in total. The second-order valence-electron chi connectivity index (χ2n) is 5.81. The Labute approximate surface area is 95.7 Å². The molecule has 0 spiro atoms. The lowest BCUT2D eigenvalue weighted by Gasteiger charge is -2.35. The van der Waals surface area contributed by atoms with E-state index in [4.69, 9.17) is 0 Å². The number of likely N-dealkylation sites (N-methyl/N-ethyl adjacent to an activating group) is 1. The molecule has 0 aliphatic carbocycles. The zero-order valence-corrected chi connectivity index (χ0v) is 11.4. The van der Waals surface area contributed by atoms with Gasteiger partial charge in [-0.2, -0.15) is 0 Å². The lowest BCUT2D eigenvalue weighted by Crippen LogP contribution is -2.44. The Balaban J connectivity index is 4.27. The van der Waals surface area contributed by atoms with Gasteiger partial charge in [-0.05, 0) is 25.3 Å². The molecule has 0 fully saturated rings. The number of rotatable bonds is 6. The van der Waals surface area contributed by atoms with Crippen LogP contribution in [0.1, 0.15) is 53.9 Å². The number of nitrogens with zero attached hydrogens (tertiary/aromatic N) is 1. The molecular formula is C13H29NO. The van der Waals surface area contributed by atoms with Crippen LogP contribution in [-0.4, -0.2) is 35.7 Å². The van der Waals surface area contributed by atoms with Crippen LogP contribution in [0.4, 0.5) is 0 Å². The maximum atomic E-state index is 10.0. The Hall–Kier alpha value is -0.0800. The van der Waals surface area contributed by atoms with E-state index < -0.39 is 0 Å². The number of aliphatic hydroxyl groups excluding tert-OH is 1. The van der Waals surface area contributed by atoms with Gasteiger partial charge in [0.1, 0.15) is 0 Å². The largest absolute Gasteiger partial charge is 0.391 e. The van der Waals surface area contributed by atoms with Gasteiger partial charge in [-0.3, -0.25) is 0 Å². The first-order valence-electron chi connectivity index (χ1n) is 6.20. The monoisotopic (exact) mass is 215 g/mol. The molecule has 0 aromatic rings. The Morgan fingerprint density at radius 3 is 2.07 bits per heavy atom. The van der Waals surface area contributed by atoms with Crippen LogP contribution in [0.2, 0.25) is 0 Å². The highest BCUT2D eigenvalue weighted by Crippen LogP contribution is 2.19. The molecule has 0 aliphatic heterocycles. The van der Waals surface area contributed by atoms with Gasteiger partial charge < -0.3 is 10.0 Å². The predicted octanol–water partition coefficient (Wildman–Crippen LogP) is 2.90. The number of hydrogen-bond donors (Lipinski definition) is 1. The molecule has 92 valence electrons. The van der Waals surface area contributed by atoms with Gasteiger partial charge in [0.2, 0.25) is 0 Å². The van der Waals surface area contributed by atoms with E-state index in [0.29, 0.717) is 11.5 Å². The highest BCUT2D eigenvalue weighted by atomic mass is 16.3. The Morgan fingerprint density at radius 2 is 1.73 bits per heavy atom. The maximum absolute atomic E-state index is 10.0. The summed E-state index contributed by atoms with van der Waals surface area (Å²) in [7, 11) is 2.12. The van der Waals surface area contributed by atoms with E-state index in [2.05, 4.69) is 46.6 Å². The minimum Gasteiger partial charge on any atom is -0.391 e. The van der Waals surface area contributed by atoms with E-state index in [0.717, 1.165) is 25.8 Å². The van der Waals surface area contributed by atoms with Crippen molar-refractivity contribution in [3.63, 3.8) is 0 Å². The van der Waals surface area contributed by atoms with Crippen molar-refractivity contribution in [1.82, 2.24) is 4.90 Å². The molecule has 0 saturated carbocycles. The van der Waals surface area contributed by atoms with Gasteiger partial charge in [0.25, 0.3) is 0 Å². The van der Waals surface area contributed by atoms with E-state index in [1.807, 2.05) is 0 Å². The molecule has 0 aliphatic rings. The Bertz CT molecular complexity index is 162. The fourth-order valence-corrected chi connectivity index (χ4v) is 2.23. The van der Waals surface area contributed by atoms with Crippen molar-refractivity contribution in [3.05, 3.63) is 0 Å². The molecule has 0 radical (unpaired) electrons. The summed E-state index contributed by atoms with van der Waals surface area (Å²) in [6, 6.07) is 0.309. The summed E-state index contributed by atoms with van der Waals surface area (Å²) < 4.78 is 0. The van der Waals surface area contributed by atoms with E-state index >= 15 is 0 Å². The SMILES string of the molecule is CCCC(O)C(CC)N(C)CC(C)(C)C. The summed E-state index contributed by atoms with van der Waals surface area (Å²) in [6.45, 7) is 12.0. The normalized spacial score (nSPS) is 16.8. The fourth-order valence-electron chi connectivity index (χ4n) is 2.23. The minimum atomic E-state index is -0.174. The average Bonchev–Trinajstić information content (AvgIpc) is 2.02. The van der Waals surface area contributed by atoms with Crippen molar-refractivity contribution in [2.24, 2.45) is 5.41 Å². The molecular weight excluding hydrogens is 186 g/mol. The van der Waals surface area contributed by atoms with Gasteiger partial charge in [0.05, 0.1) is 6.10 Å². The summed E-state index contributed by atoms with van der Waals surface area (Å²) in [5.41, 5.74) is 0.300. The third-order valence-corrected chi connectivity index (χ3v) is 2.74. The summed E-state index contributed by atoms with van der Waals surface area (Å²) in [5, 5.41) is 10.0. The van der Waals surface area contributed by atoms with Crippen LogP contribution in [0.3, 0.4) is 0 Å². The summed E-state index contributed by atoms with van der Waals surface area (Å²) in [6.07, 6.45) is 2.81. The molecule has 2 unspecified atom stereocenters. The number of aliphatic hydroxyl groups is 1. The second kappa shape index (κ2) is 6.49. The predicted molar refractivity (Wildman–Crippen MR) is 67.1 cm³/mol. The van der Waals surface area contributed by atoms with E-state index in [1.165, 1.54) is 0 Å². The Morgan fingerprint density at radius 1 is 1.20 bits per heavy atom. The van der Waals surface area contributed by atoms with Crippen LogP contribution >= 0.6 is 0 Å². The van der Waals surface area contributed by atoms with Crippen molar-refractivity contribution in [2.45, 2.75) is 66.0 Å². The first-order chi connectivity index (χ1) is 6.81. The van der Waals surface area contributed by atoms with Gasteiger partial charge in [0.15, 0.2) is 0 Å². The van der Waals surface area contributed by atoms with Crippen LogP contribution in [0.15, 0.2) is 0 Å². The lowest BCUT2D eigenvalue weighted by atomic mass is 9.94. The highest BCUT2D eigenvalue weighted by molar-refractivity contribution is 4.78. The van der Waals surface area contributed by atoms with Crippen molar-refractivity contribution >= 4 is 0 Å². The zero-order chi connectivity index (χ0) is 12.1. The van der Waals surface area contributed by atoms with Crippen LogP contribution in [0, 0.1) is 5.41 Å². The summed E-state index contributed by atoms with van der Waals surface area (Å²) >= 11 is 0. The molecule has 0 rings (SSSR count). The van der Waals surface area contributed by atoms with Crippen LogP contribution in [0.25, 0.3) is 0 Å². The second-order valence-corrected chi connectivity index (χ2v) is 5.81. The molecule has 2 atom stereocenters. The third kappa shape index (κ3) is 6.16. The first kappa shape index (κ1) is 14.9. The van der Waals surface area contributed by atoms with Gasteiger partial charge >= 0.3 is 0 Å². The summed E-state index contributed by atoms with van der Waals surface area (Å²) in [5.74, 6) is 0.